The fraction of sp³-hybridized carbons (Fsp3) is 0.0909. The topological polar surface area (TPSA) is 107 Å². The van der Waals surface area contributed by atoms with Gasteiger partial charge in [-0.25, -0.2) is 13.4 Å². The Morgan fingerprint density at radius 3 is 2.53 bits per heavy atom. The van der Waals surface area contributed by atoms with E-state index in [-0.39, 0.29) is 16.1 Å². The van der Waals surface area contributed by atoms with E-state index in [2.05, 4.69) is 15.0 Å². The zero-order valence-corrected chi connectivity index (χ0v) is 18.2. The van der Waals surface area contributed by atoms with Crippen molar-refractivity contribution in [1.29, 1.82) is 0 Å². The number of anilines is 2. The van der Waals surface area contributed by atoms with Crippen LogP contribution in [0.3, 0.4) is 0 Å². The van der Waals surface area contributed by atoms with Crippen molar-refractivity contribution in [2.45, 2.75) is 4.90 Å². The van der Waals surface area contributed by atoms with Crippen LogP contribution in [-0.4, -0.2) is 32.5 Å². The molecule has 32 heavy (non-hydrogen) atoms. The van der Waals surface area contributed by atoms with E-state index in [9.17, 15) is 13.2 Å². The predicted molar refractivity (Wildman–Crippen MR) is 122 cm³/mol. The lowest BCUT2D eigenvalue weighted by Crippen LogP contribution is -2.19. The molecule has 0 unspecified atom stereocenters. The number of fused-ring (bicyclic) bond motifs is 2. The molecule has 5 rings (SSSR count). The van der Waals surface area contributed by atoms with Crippen molar-refractivity contribution in [3.63, 3.8) is 0 Å². The van der Waals surface area contributed by atoms with Crippen molar-refractivity contribution in [1.82, 2.24) is 4.98 Å². The highest BCUT2D eigenvalue weighted by atomic mass is 32.2. The molecule has 1 aromatic heterocycles. The summed E-state index contributed by atoms with van der Waals surface area (Å²) in [6.07, 6.45) is 0. The number of sulfonamides is 1. The van der Waals surface area contributed by atoms with Gasteiger partial charge in [-0.2, -0.15) is 0 Å². The Hall–Kier alpha value is -3.63. The molecule has 1 amide bonds. The van der Waals surface area contributed by atoms with Crippen LogP contribution in [0.1, 0.15) is 10.4 Å². The van der Waals surface area contributed by atoms with Crippen LogP contribution in [0.2, 0.25) is 0 Å². The van der Waals surface area contributed by atoms with Crippen LogP contribution >= 0.6 is 11.3 Å². The van der Waals surface area contributed by atoms with E-state index in [0.29, 0.717) is 29.8 Å². The van der Waals surface area contributed by atoms with Gasteiger partial charge in [-0.1, -0.05) is 35.6 Å². The van der Waals surface area contributed by atoms with Crippen molar-refractivity contribution in [3.05, 3.63) is 72.3 Å². The zero-order chi connectivity index (χ0) is 22.1. The molecule has 0 fully saturated rings. The van der Waals surface area contributed by atoms with Gasteiger partial charge >= 0.3 is 0 Å². The van der Waals surface area contributed by atoms with Crippen LogP contribution in [0.5, 0.6) is 11.5 Å². The van der Waals surface area contributed by atoms with E-state index in [1.165, 1.54) is 29.5 Å². The summed E-state index contributed by atoms with van der Waals surface area (Å²) < 4.78 is 40.3. The predicted octanol–water partition coefficient (Wildman–Crippen LogP) is 4.12. The minimum Gasteiger partial charge on any atom is -0.486 e. The molecule has 3 aromatic carbocycles. The van der Waals surface area contributed by atoms with Gasteiger partial charge in [0.15, 0.2) is 16.6 Å². The second-order valence-electron chi connectivity index (χ2n) is 6.90. The third-order valence-corrected chi connectivity index (χ3v) is 7.07. The van der Waals surface area contributed by atoms with Crippen LogP contribution in [0, 0.1) is 0 Å². The molecule has 0 atom stereocenters. The molecule has 8 nitrogen and oxygen atoms in total. The maximum Gasteiger partial charge on any atom is 0.262 e. The average molecular weight is 468 g/mol. The number of benzene rings is 3. The molecule has 0 aliphatic carbocycles. The molecule has 1 aliphatic heterocycles. The first-order valence-electron chi connectivity index (χ1n) is 9.68. The minimum atomic E-state index is -3.97. The molecule has 0 bridgehead atoms. The van der Waals surface area contributed by atoms with Gasteiger partial charge in [0, 0.05) is 6.07 Å². The van der Waals surface area contributed by atoms with Crippen molar-refractivity contribution >= 4 is 48.3 Å². The molecule has 4 aromatic rings. The lowest BCUT2D eigenvalue weighted by molar-refractivity contribution is 0.102. The van der Waals surface area contributed by atoms with Gasteiger partial charge in [0.2, 0.25) is 0 Å². The van der Waals surface area contributed by atoms with Crippen molar-refractivity contribution < 1.29 is 22.7 Å². The fourth-order valence-electron chi connectivity index (χ4n) is 3.25. The van der Waals surface area contributed by atoms with Crippen molar-refractivity contribution in [2.24, 2.45) is 0 Å². The van der Waals surface area contributed by atoms with Crippen LogP contribution in [0.25, 0.3) is 10.2 Å². The number of aromatic nitrogens is 1. The van der Waals surface area contributed by atoms with Crippen molar-refractivity contribution in [3.8, 4) is 11.5 Å². The second-order valence-corrected chi connectivity index (χ2v) is 9.61. The Morgan fingerprint density at radius 2 is 1.69 bits per heavy atom. The number of thiazole rings is 1. The van der Waals surface area contributed by atoms with E-state index in [0.717, 1.165) is 10.2 Å². The van der Waals surface area contributed by atoms with Gasteiger partial charge < -0.3 is 9.47 Å². The van der Waals surface area contributed by atoms with E-state index in [1.54, 1.807) is 24.3 Å². The number of para-hydroxylation sites is 2. The normalized spacial score (nSPS) is 13.0. The number of amides is 1. The lowest BCUT2D eigenvalue weighted by Gasteiger charge is -2.19. The van der Waals surface area contributed by atoms with Crippen LogP contribution < -0.4 is 19.5 Å². The summed E-state index contributed by atoms with van der Waals surface area (Å²) in [5.41, 5.74) is 1.11. The Bertz CT molecular complexity index is 1400. The van der Waals surface area contributed by atoms with E-state index in [1.807, 2.05) is 24.3 Å². The highest BCUT2D eigenvalue weighted by Gasteiger charge is 2.22. The molecule has 2 N–H and O–H groups in total. The van der Waals surface area contributed by atoms with Gasteiger partial charge in [0.05, 0.1) is 26.4 Å². The largest absolute Gasteiger partial charge is 0.486 e. The number of ether oxygens (including phenoxy) is 2. The van der Waals surface area contributed by atoms with Crippen molar-refractivity contribution in [2.75, 3.05) is 23.3 Å². The van der Waals surface area contributed by atoms with E-state index >= 15 is 0 Å². The number of hydrogen-bond acceptors (Lipinski definition) is 7. The Morgan fingerprint density at radius 1 is 0.938 bits per heavy atom. The molecule has 162 valence electrons. The van der Waals surface area contributed by atoms with Crippen LogP contribution in [0.15, 0.2) is 71.6 Å². The average Bonchev–Trinajstić information content (AvgIpc) is 3.21. The lowest BCUT2D eigenvalue weighted by atomic mass is 10.2. The van der Waals surface area contributed by atoms with Crippen LogP contribution in [-0.2, 0) is 10.0 Å². The number of carbonyl (C=O) groups excluding carboxylic acids is 1. The number of hydrogen-bond donors (Lipinski definition) is 2. The standard InChI is InChI=1S/C22H17N3O5S2/c26-21(24-22-23-17-7-3-4-8-20(17)31-22)15-5-1-2-6-16(15)25-32(27,28)14-9-10-18-19(13-14)30-12-11-29-18/h1-10,13,25H,11-12H2,(H,23,24,26). The van der Waals surface area contributed by atoms with Gasteiger partial charge in [-0.15, -0.1) is 0 Å². The number of carbonyl (C=O) groups is 1. The fourth-order valence-corrected chi connectivity index (χ4v) is 5.21. The SMILES string of the molecule is O=C(Nc1nc2ccccc2s1)c1ccccc1NS(=O)(=O)c1ccc2c(c1)OCCO2. The van der Waals surface area contributed by atoms with Gasteiger partial charge in [0.1, 0.15) is 13.2 Å². The van der Waals surface area contributed by atoms with Crippen LogP contribution in [0.4, 0.5) is 10.8 Å². The summed E-state index contributed by atoms with van der Waals surface area (Å²) >= 11 is 1.34. The third-order valence-electron chi connectivity index (χ3n) is 4.75. The first kappa shape index (κ1) is 20.3. The highest BCUT2D eigenvalue weighted by molar-refractivity contribution is 7.92. The molecular weight excluding hydrogens is 450 g/mol. The highest BCUT2D eigenvalue weighted by Crippen LogP contribution is 2.33. The summed E-state index contributed by atoms with van der Waals surface area (Å²) in [6.45, 7) is 0.757. The second kappa shape index (κ2) is 8.13. The molecular formula is C22H17N3O5S2. The summed E-state index contributed by atoms with van der Waals surface area (Å²) in [5, 5.41) is 3.18. The first-order valence-corrected chi connectivity index (χ1v) is 12.0. The van der Waals surface area contributed by atoms with E-state index < -0.39 is 15.9 Å². The summed E-state index contributed by atoms with van der Waals surface area (Å²) in [4.78, 5) is 17.3. The Labute approximate surface area is 187 Å². The molecule has 10 heteroatoms. The Balaban J connectivity index is 1.40. The minimum absolute atomic E-state index is 0.00290. The third kappa shape index (κ3) is 3.97. The molecule has 0 saturated heterocycles. The number of nitrogens with one attached hydrogen (secondary N) is 2. The summed E-state index contributed by atoms with van der Waals surface area (Å²) in [7, 11) is -3.97. The Kier molecular flexibility index (Phi) is 5.16. The molecule has 0 spiro atoms. The smallest absolute Gasteiger partial charge is 0.262 e. The quantitative estimate of drug-likeness (QED) is 0.457. The molecule has 0 radical (unpaired) electrons. The summed E-state index contributed by atoms with van der Waals surface area (Å²) in [6, 6.07) is 18.3. The first-order chi connectivity index (χ1) is 15.5. The van der Waals surface area contributed by atoms with Gasteiger partial charge in [-0.05, 0) is 36.4 Å². The van der Waals surface area contributed by atoms with Gasteiger partial charge in [0.25, 0.3) is 15.9 Å². The van der Waals surface area contributed by atoms with Gasteiger partial charge in [-0.3, -0.25) is 14.8 Å². The molecule has 1 aliphatic rings. The maximum atomic E-state index is 13.0. The monoisotopic (exact) mass is 467 g/mol. The number of rotatable bonds is 5. The number of nitrogens with zero attached hydrogens (tertiary/aromatic N) is 1. The zero-order valence-electron chi connectivity index (χ0n) is 16.6. The molecule has 2 heterocycles. The van der Waals surface area contributed by atoms with E-state index in [4.69, 9.17) is 9.47 Å². The molecule has 0 saturated carbocycles. The maximum absolute atomic E-state index is 13.0. The summed E-state index contributed by atoms with van der Waals surface area (Å²) in [5.74, 6) is 0.385.